The maximum absolute atomic E-state index is 13.3. The highest BCUT2D eigenvalue weighted by Gasteiger charge is 2.31. The van der Waals surface area contributed by atoms with Gasteiger partial charge in [0.05, 0.1) is 17.7 Å². The van der Waals surface area contributed by atoms with Crippen molar-refractivity contribution in [3.05, 3.63) is 86.8 Å². The van der Waals surface area contributed by atoms with Gasteiger partial charge in [0.2, 0.25) is 0 Å². The predicted octanol–water partition coefficient (Wildman–Crippen LogP) is 5.76. The summed E-state index contributed by atoms with van der Waals surface area (Å²) in [5.74, 6) is -0.566. The minimum Gasteiger partial charge on any atom is -0.462 e. The molecule has 0 radical (unpaired) electrons. The second-order valence-electron chi connectivity index (χ2n) is 9.11. The lowest BCUT2D eigenvalue weighted by atomic mass is 9.88. The molecule has 5 rings (SSSR count). The van der Waals surface area contributed by atoms with Crippen LogP contribution in [0.5, 0.6) is 0 Å². The Kier molecular flexibility index (Phi) is 6.43. The first-order chi connectivity index (χ1) is 16.9. The van der Waals surface area contributed by atoms with E-state index in [4.69, 9.17) is 9.47 Å². The fraction of sp³-hybridized carbons (Fsp3) is 0.321. The van der Waals surface area contributed by atoms with E-state index in [0.29, 0.717) is 34.0 Å². The molecular formula is C28H27NO5S. The standard InChI is InChI=1S/C28H27NO5S/c1-3-33-28(32)24-21-11-9-16(2)13-23(21)35-26(24)29-25(30)18-10-12-20-19(14-18)15-22(34-27(20)31)17-7-5-4-6-8-17/h4-8,10,12,14,16,22H,3,9,11,13,15H2,1-2H3,(H,29,30). The molecule has 1 amide bonds. The van der Waals surface area contributed by atoms with E-state index in [9.17, 15) is 14.4 Å². The van der Waals surface area contributed by atoms with Crippen LogP contribution in [-0.4, -0.2) is 24.5 Å². The summed E-state index contributed by atoms with van der Waals surface area (Å²) < 4.78 is 10.9. The number of esters is 2. The Morgan fingerprint density at radius 1 is 1.14 bits per heavy atom. The summed E-state index contributed by atoms with van der Waals surface area (Å²) >= 11 is 1.46. The van der Waals surface area contributed by atoms with Gasteiger partial charge < -0.3 is 14.8 Å². The van der Waals surface area contributed by atoms with Gasteiger partial charge in [-0.3, -0.25) is 4.79 Å². The number of anilines is 1. The van der Waals surface area contributed by atoms with Gasteiger partial charge in [0.1, 0.15) is 11.1 Å². The molecule has 1 aliphatic carbocycles. The van der Waals surface area contributed by atoms with Crippen LogP contribution >= 0.6 is 11.3 Å². The van der Waals surface area contributed by atoms with Gasteiger partial charge in [-0.15, -0.1) is 11.3 Å². The smallest absolute Gasteiger partial charge is 0.341 e. The van der Waals surface area contributed by atoms with E-state index in [1.165, 1.54) is 11.3 Å². The van der Waals surface area contributed by atoms with Gasteiger partial charge in [0.15, 0.2) is 0 Å². The molecule has 2 aromatic carbocycles. The van der Waals surface area contributed by atoms with Crippen molar-refractivity contribution >= 4 is 34.2 Å². The molecule has 35 heavy (non-hydrogen) atoms. The quantitative estimate of drug-likeness (QED) is 0.461. The summed E-state index contributed by atoms with van der Waals surface area (Å²) in [4.78, 5) is 39.8. The second-order valence-corrected chi connectivity index (χ2v) is 10.2. The highest BCUT2D eigenvalue weighted by atomic mass is 32.1. The third kappa shape index (κ3) is 4.60. The minimum absolute atomic E-state index is 0.275. The Balaban J connectivity index is 1.42. The second kappa shape index (κ2) is 9.66. The predicted molar refractivity (Wildman–Crippen MR) is 134 cm³/mol. The van der Waals surface area contributed by atoms with Crippen molar-refractivity contribution in [1.29, 1.82) is 0 Å². The number of rotatable bonds is 5. The molecule has 2 aliphatic rings. The molecule has 7 heteroatoms. The van der Waals surface area contributed by atoms with E-state index in [2.05, 4.69) is 12.2 Å². The topological polar surface area (TPSA) is 81.7 Å². The molecule has 0 saturated carbocycles. The Morgan fingerprint density at radius 2 is 1.94 bits per heavy atom. The fourth-order valence-electron chi connectivity index (χ4n) is 4.82. The van der Waals surface area contributed by atoms with E-state index in [0.717, 1.165) is 40.8 Å². The van der Waals surface area contributed by atoms with Crippen molar-refractivity contribution in [3.8, 4) is 0 Å². The largest absolute Gasteiger partial charge is 0.462 e. The number of carbonyl (C=O) groups excluding carboxylic acids is 3. The van der Waals surface area contributed by atoms with Crippen molar-refractivity contribution in [1.82, 2.24) is 0 Å². The van der Waals surface area contributed by atoms with Gasteiger partial charge in [-0.1, -0.05) is 37.3 Å². The first-order valence-corrected chi connectivity index (χ1v) is 12.8. The van der Waals surface area contributed by atoms with E-state index in [1.54, 1.807) is 25.1 Å². The highest BCUT2D eigenvalue weighted by Crippen LogP contribution is 2.40. The Labute approximate surface area is 208 Å². The van der Waals surface area contributed by atoms with E-state index in [1.807, 2.05) is 30.3 Å². The Morgan fingerprint density at radius 3 is 2.71 bits per heavy atom. The normalized spacial score (nSPS) is 18.7. The van der Waals surface area contributed by atoms with Crippen molar-refractivity contribution in [3.63, 3.8) is 0 Å². The van der Waals surface area contributed by atoms with Crippen molar-refractivity contribution in [2.24, 2.45) is 5.92 Å². The van der Waals surface area contributed by atoms with Crippen LogP contribution in [0.3, 0.4) is 0 Å². The third-order valence-corrected chi connectivity index (χ3v) is 7.80. The number of fused-ring (bicyclic) bond motifs is 2. The van der Waals surface area contributed by atoms with Gasteiger partial charge >= 0.3 is 11.9 Å². The summed E-state index contributed by atoms with van der Waals surface area (Å²) in [6.45, 7) is 4.25. The number of ether oxygens (including phenoxy) is 2. The number of amides is 1. The van der Waals surface area contributed by atoms with Crippen LogP contribution in [0.25, 0.3) is 0 Å². The lowest BCUT2D eigenvalue weighted by Gasteiger charge is -2.25. The summed E-state index contributed by atoms with van der Waals surface area (Å²) in [5.41, 5.74) is 4.08. The van der Waals surface area contributed by atoms with Gasteiger partial charge in [0, 0.05) is 16.9 Å². The minimum atomic E-state index is -0.395. The molecule has 0 bridgehead atoms. The lowest BCUT2D eigenvalue weighted by molar-refractivity contribution is 0.0252. The number of hydrogen-bond donors (Lipinski definition) is 1. The highest BCUT2D eigenvalue weighted by molar-refractivity contribution is 7.17. The number of thiophene rings is 1. The average molecular weight is 490 g/mol. The summed E-state index contributed by atoms with van der Waals surface area (Å²) in [7, 11) is 0. The number of carbonyl (C=O) groups is 3. The van der Waals surface area contributed by atoms with Gasteiger partial charge in [-0.25, -0.2) is 9.59 Å². The third-order valence-electron chi connectivity index (χ3n) is 6.63. The molecule has 6 nitrogen and oxygen atoms in total. The number of cyclic esters (lactones) is 1. The zero-order valence-corrected chi connectivity index (χ0v) is 20.6. The van der Waals surface area contributed by atoms with E-state index < -0.39 is 18.0 Å². The van der Waals surface area contributed by atoms with Gasteiger partial charge in [-0.2, -0.15) is 0 Å². The molecular weight excluding hydrogens is 462 g/mol. The molecule has 0 fully saturated rings. The molecule has 2 unspecified atom stereocenters. The summed E-state index contributed by atoms with van der Waals surface area (Å²) in [6, 6.07) is 14.6. The molecule has 0 saturated heterocycles. The zero-order valence-electron chi connectivity index (χ0n) is 19.8. The number of hydrogen-bond acceptors (Lipinski definition) is 6. The molecule has 1 aromatic heterocycles. The molecule has 2 atom stereocenters. The Hall–Kier alpha value is -3.45. The number of benzene rings is 2. The molecule has 3 aromatic rings. The fourth-order valence-corrected chi connectivity index (χ4v) is 6.22. The number of nitrogens with one attached hydrogen (secondary N) is 1. The van der Waals surface area contributed by atoms with Crippen molar-refractivity contribution in [2.45, 2.75) is 45.6 Å². The van der Waals surface area contributed by atoms with Crippen LogP contribution in [0.15, 0.2) is 48.5 Å². The van der Waals surface area contributed by atoms with Crippen molar-refractivity contribution < 1.29 is 23.9 Å². The van der Waals surface area contributed by atoms with Gasteiger partial charge in [0.25, 0.3) is 5.91 Å². The maximum Gasteiger partial charge on any atom is 0.341 e. The van der Waals surface area contributed by atoms with Crippen molar-refractivity contribution in [2.75, 3.05) is 11.9 Å². The van der Waals surface area contributed by atoms with Gasteiger partial charge in [-0.05, 0) is 67.0 Å². The lowest BCUT2D eigenvalue weighted by Crippen LogP contribution is -2.23. The Bertz CT molecular complexity index is 1300. The molecule has 0 spiro atoms. The van der Waals surface area contributed by atoms with Crippen LogP contribution in [-0.2, 0) is 28.7 Å². The zero-order chi connectivity index (χ0) is 24.5. The van der Waals surface area contributed by atoms with Crippen LogP contribution < -0.4 is 5.32 Å². The molecule has 1 aliphatic heterocycles. The maximum atomic E-state index is 13.3. The molecule has 180 valence electrons. The van der Waals surface area contributed by atoms with E-state index in [-0.39, 0.29) is 12.5 Å². The monoisotopic (exact) mass is 489 g/mol. The first kappa shape index (κ1) is 23.3. The molecule has 2 heterocycles. The van der Waals surface area contributed by atoms with Crippen LogP contribution in [0.4, 0.5) is 5.00 Å². The van der Waals surface area contributed by atoms with Crippen LogP contribution in [0, 0.1) is 5.92 Å². The first-order valence-electron chi connectivity index (χ1n) is 12.0. The summed E-state index contributed by atoms with van der Waals surface area (Å²) in [5, 5.41) is 3.50. The average Bonchev–Trinajstić information content (AvgIpc) is 3.21. The molecule has 1 N–H and O–H groups in total. The van der Waals surface area contributed by atoms with E-state index >= 15 is 0 Å². The van der Waals surface area contributed by atoms with Crippen LogP contribution in [0.2, 0.25) is 0 Å². The summed E-state index contributed by atoms with van der Waals surface area (Å²) in [6.07, 6.45) is 2.80. The van der Waals surface area contributed by atoms with Crippen LogP contribution in [0.1, 0.15) is 79.0 Å². The SMILES string of the molecule is CCOC(=O)c1c(NC(=O)c2ccc3c(c2)CC(c2ccccc2)OC3=O)sc2c1CCC(C)C2.